The van der Waals surface area contributed by atoms with Gasteiger partial charge in [0.05, 0.1) is 13.1 Å². The molecule has 116 valence electrons. The Hall–Kier alpha value is -2.47. The summed E-state index contributed by atoms with van der Waals surface area (Å²) < 4.78 is 7.42. The first-order chi connectivity index (χ1) is 10.6. The van der Waals surface area contributed by atoms with Crippen LogP contribution in [-0.4, -0.2) is 29.0 Å². The van der Waals surface area contributed by atoms with Crippen LogP contribution in [0.5, 0.6) is 5.75 Å². The summed E-state index contributed by atoms with van der Waals surface area (Å²) in [5.41, 5.74) is 0.634. The maximum Gasteiger partial charge on any atom is 0.319 e. The van der Waals surface area contributed by atoms with Crippen molar-refractivity contribution in [3.05, 3.63) is 54.3 Å². The Labute approximate surface area is 133 Å². The predicted molar refractivity (Wildman–Crippen MR) is 86.2 cm³/mol. The number of nitrogens with one attached hydrogen (secondary N) is 2. The van der Waals surface area contributed by atoms with Gasteiger partial charge in [-0.05, 0) is 18.2 Å². The van der Waals surface area contributed by atoms with Crippen LogP contribution in [0.1, 0.15) is 0 Å². The monoisotopic (exact) mass is 320 g/mol. The number of aromatic nitrogens is 2. The minimum absolute atomic E-state index is 0.216. The summed E-state index contributed by atoms with van der Waals surface area (Å²) in [7, 11) is 0. The molecular weight excluding hydrogens is 304 g/mol. The van der Waals surface area contributed by atoms with Crippen molar-refractivity contribution in [3.63, 3.8) is 0 Å². The predicted octanol–water partition coefficient (Wildman–Crippen LogP) is 2.84. The van der Waals surface area contributed by atoms with Gasteiger partial charge in [-0.2, -0.15) is 5.10 Å². The van der Waals surface area contributed by atoms with E-state index in [1.165, 1.54) is 0 Å². The van der Waals surface area contributed by atoms with Crippen molar-refractivity contribution in [2.24, 2.45) is 0 Å². The van der Waals surface area contributed by atoms with E-state index in [1.54, 1.807) is 29.1 Å². The van der Waals surface area contributed by atoms with Crippen molar-refractivity contribution in [1.82, 2.24) is 15.1 Å². The van der Waals surface area contributed by atoms with E-state index in [1.807, 2.05) is 18.3 Å². The lowest BCUT2D eigenvalue weighted by molar-refractivity contribution is 0.253. The van der Waals surface area contributed by atoms with Gasteiger partial charge in [0.15, 0.2) is 0 Å². The Morgan fingerprint density at radius 2 is 2.27 bits per heavy atom. The third kappa shape index (κ3) is 5.49. The van der Waals surface area contributed by atoms with Crippen LogP contribution in [0.25, 0.3) is 0 Å². The molecule has 1 aromatic heterocycles. The van der Waals surface area contributed by atoms with Gasteiger partial charge in [-0.25, -0.2) is 4.79 Å². The quantitative estimate of drug-likeness (QED) is 0.824. The zero-order valence-corrected chi connectivity index (χ0v) is 12.7. The minimum Gasteiger partial charge on any atom is -0.492 e. The zero-order chi connectivity index (χ0) is 15.8. The average Bonchev–Trinajstić information content (AvgIpc) is 2.99. The molecule has 0 aliphatic rings. The van der Waals surface area contributed by atoms with Gasteiger partial charge in [-0.1, -0.05) is 24.2 Å². The van der Waals surface area contributed by atoms with Crippen LogP contribution in [0.15, 0.2) is 54.3 Å². The number of carbonyl (C=O) groups excluding carboxylic acids is 1. The van der Waals surface area contributed by atoms with Gasteiger partial charge >= 0.3 is 6.03 Å². The van der Waals surface area contributed by atoms with E-state index in [9.17, 15) is 4.79 Å². The van der Waals surface area contributed by atoms with Crippen LogP contribution in [0.4, 0.5) is 10.5 Å². The molecule has 0 aliphatic carbocycles. The van der Waals surface area contributed by atoms with E-state index < -0.39 is 0 Å². The Bertz CT molecular complexity index is 628. The number of halogens is 1. The van der Waals surface area contributed by atoms with Gasteiger partial charge in [0.25, 0.3) is 0 Å². The molecule has 0 radical (unpaired) electrons. The number of hydrogen-bond donors (Lipinski definition) is 2. The van der Waals surface area contributed by atoms with Crippen LogP contribution in [0, 0.1) is 0 Å². The molecule has 0 fully saturated rings. The fraction of sp³-hybridized carbons (Fsp3) is 0.200. The number of carbonyl (C=O) groups is 1. The largest absolute Gasteiger partial charge is 0.492 e. The third-order valence-electron chi connectivity index (χ3n) is 2.68. The van der Waals surface area contributed by atoms with Gasteiger partial charge < -0.3 is 15.4 Å². The molecule has 1 aromatic carbocycles. The molecular formula is C15H17ClN4O2. The van der Waals surface area contributed by atoms with Crippen LogP contribution in [0.3, 0.4) is 0 Å². The van der Waals surface area contributed by atoms with Crippen molar-refractivity contribution in [1.29, 1.82) is 0 Å². The van der Waals surface area contributed by atoms with Gasteiger partial charge in [0.1, 0.15) is 12.4 Å². The fourth-order valence-corrected chi connectivity index (χ4v) is 1.77. The lowest BCUT2D eigenvalue weighted by Crippen LogP contribution is -2.29. The van der Waals surface area contributed by atoms with Crippen LogP contribution in [0.2, 0.25) is 0 Å². The Morgan fingerprint density at radius 3 is 3.00 bits per heavy atom. The van der Waals surface area contributed by atoms with E-state index in [2.05, 4.69) is 22.3 Å². The molecule has 2 N–H and O–H groups in total. The van der Waals surface area contributed by atoms with Crippen molar-refractivity contribution in [2.45, 2.75) is 6.54 Å². The highest BCUT2D eigenvalue weighted by molar-refractivity contribution is 6.29. The first-order valence-corrected chi connectivity index (χ1v) is 7.10. The van der Waals surface area contributed by atoms with Gasteiger partial charge in [-0.15, -0.1) is 0 Å². The van der Waals surface area contributed by atoms with Crippen molar-refractivity contribution in [2.75, 3.05) is 18.5 Å². The van der Waals surface area contributed by atoms with Gasteiger partial charge in [-0.3, -0.25) is 4.68 Å². The van der Waals surface area contributed by atoms with E-state index in [-0.39, 0.29) is 12.6 Å². The molecule has 1 heterocycles. The number of amides is 2. The molecule has 0 aliphatic heterocycles. The molecule has 0 atom stereocenters. The number of urea groups is 1. The van der Waals surface area contributed by atoms with E-state index in [4.69, 9.17) is 16.3 Å². The number of nitrogens with zero attached hydrogens (tertiary/aromatic N) is 2. The first-order valence-electron chi connectivity index (χ1n) is 6.72. The summed E-state index contributed by atoms with van der Waals surface area (Å²) in [6.07, 6.45) is 3.59. The lowest BCUT2D eigenvalue weighted by Gasteiger charge is -2.10. The SMILES string of the molecule is C=C(Cl)CNC(=O)Nc1cccc(OCCn2cccn2)c1. The van der Waals surface area contributed by atoms with Gasteiger partial charge in [0.2, 0.25) is 0 Å². The number of benzene rings is 1. The van der Waals surface area contributed by atoms with Crippen molar-refractivity contribution < 1.29 is 9.53 Å². The highest BCUT2D eigenvalue weighted by atomic mass is 35.5. The molecule has 7 heteroatoms. The molecule has 0 saturated carbocycles. The molecule has 0 spiro atoms. The highest BCUT2D eigenvalue weighted by Crippen LogP contribution is 2.17. The normalized spacial score (nSPS) is 10.0. The van der Waals surface area contributed by atoms with Crippen LogP contribution >= 0.6 is 11.6 Å². The standard InChI is InChI=1S/C15H17ClN4O2/c1-12(16)11-17-15(21)19-13-4-2-5-14(10-13)22-9-8-20-7-3-6-18-20/h2-7,10H,1,8-9,11H2,(H2,17,19,21). The number of rotatable bonds is 7. The fourth-order valence-electron chi connectivity index (χ4n) is 1.70. The summed E-state index contributed by atoms with van der Waals surface area (Å²) in [4.78, 5) is 11.6. The van der Waals surface area contributed by atoms with Crippen molar-refractivity contribution >= 4 is 23.3 Å². The second-order valence-corrected chi connectivity index (χ2v) is 5.00. The summed E-state index contributed by atoms with van der Waals surface area (Å²) in [6.45, 7) is 4.86. The molecule has 2 aromatic rings. The Kier molecular flexibility index (Phi) is 5.85. The summed E-state index contributed by atoms with van der Waals surface area (Å²) in [5, 5.41) is 9.73. The first kappa shape index (κ1) is 15.9. The number of anilines is 1. The molecule has 22 heavy (non-hydrogen) atoms. The molecule has 6 nitrogen and oxygen atoms in total. The Balaban J connectivity index is 1.81. The van der Waals surface area contributed by atoms with Crippen LogP contribution < -0.4 is 15.4 Å². The maximum atomic E-state index is 11.6. The lowest BCUT2D eigenvalue weighted by atomic mass is 10.3. The number of hydrogen-bond acceptors (Lipinski definition) is 3. The molecule has 0 unspecified atom stereocenters. The summed E-state index contributed by atoms with van der Waals surface area (Å²) in [5.74, 6) is 0.673. The smallest absolute Gasteiger partial charge is 0.319 e. The second kappa shape index (κ2) is 8.09. The summed E-state index contributed by atoms with van der Waals surface area (Å²) in [6, 6.07) is 8.66. The van der Waals surface area contributed by atoms with Gasteiger partial charge in [0, 0.05) is 29.2 Å². The molecule has 2 rings (SSSR count). The molecule has 0 bridgehead atoms. The minimum atomic E-state index is -0.351. The summed E-state index contributed by atoms with van der Waals surface area (Å²) >= 11 is 5.59. The van der Waals surface area contributed by atoms with E-state index in [0.29, 0.717) is 29.6 Å². The van der Waals surface area contributed by atoms with E-state index in [0.717, 1.165) is 0 Å². The zero-order valence-electron chi connectivity index (χ0n) is 12.0. The second-order valence-electron chi connectivity index (χ2n) is 4.47. The third-order valence-corrected chi connectivity index (χ3v) is 2.81. The highest BCUT2D eigenvalue weighted by Gasteiger charge is 2.03. The topological polar surface area (TPSA) is 68.2 Å². The Morgan fingerprint density at radius 1 is 1.41 bits per heavy atom. The van der Waals surface area contributed by atoms with E-state index >= 15 is 0 Å². The average molecular weight is 321 g/mol. The number of ether oxygens (including phenoxy) is 1. The van der Waals surface area contributed by atoms with Crippen molar-refractivity contribution in [3.8, 4) is 5.75 Å². The maximum absolute atomic E-state index is 11.6. The molecule has 0 saturated heterocycles. The molecule has 2 amide bonds. The van der Waals surface area contributed by atoms with Crippen LogP contribution in [-0.2, 0) is 6.54 Å².